The van der Waals surface area contributed by atoms with Gasteiger partial charge in [-0.3, -0.25) is 4.79 Å². The Bertz CT molecular complexity index is 973. The number of aliphatic hydroxyl groups excluding tert-OH is 1. The van der Waals surface area contributed by atoms with Gasteiger partial charge in [-0.1, -0.05) is 20.4 Å². The number of ether oxygens (including phenoxy) is 2. The number of rotatable bonds is 1. The molecule has 180 valence electrons. The van der Waals surface area contributed by atoms with E-state index >= 15 is 0 Å². The number of Topliss-reactive ketones (excluding diaryl/α,β-unsaturated/α-hetero) is 1. The number of ketones is 1. The predicted octanol–water partition coefficient (Wildman–Crippen LogP) is 4.07. The van der Waals surface area contributed by atoms with Crippen molar-refractivity contribution in [2.24, 2.45) is 51.8 Å². The van der Waals surface area contributed by atoms with Gasteiger partial charge in [0.25, 0.3) is 0 Å². The maximum Gasteiger partial charge on any atom is 0.336 e. The van der Waals surface area contributed by atoms with Gasteiger partial charge in [0.05, 0.1) is 18.3 Å². The lowest BCUT2D eigenvalue weighted by Crippen LogP contribution is -2.60. The summed E-state index contributed by atoms with van der Waals surface area (Å²) in [5, 5.41) is 11.4. The van der Waals surface area contributed by atoms with Crippen molar-refractivity contribution in [1.82, 2.24) is 0 Å². The summed E-state index contributed by atoms with van der Waals surface area (Å²) in [7, 11) is 0. The lowest BCUT2D eigenvalue weighted by molar-refractivity contribution is -0.203. The quantitative estimate of drug-likeness (QED) is 0.478. The maximum absolute atomic E-state index is 13.3. The molecule has 0 aromatic rings. The normalized spacial score (nSPS) is 61.0. The molecule has 0 amide bonds. The molecule has 2 bridgehead atoms. The van der Waals surface area contributed by atoms with Gasteiger partial charge in [0.1, 0.15) is 17.5 Å². The Balaban J connectivity index is 1.19. The molecule has 7 rings (SSSR count). The van der Waals surface area contributed by atoms with Crippen LogP contribution in [0.4, 0.5) is 0 Å². The Kier molecular flexibility index (Phi) is 3.92. The van der Waals surface area contributed by atoms with Gasteiger partial charge in [0, 0.05) is 29.6 Å². The van der Waals surface area contributed by atoms with E-state index in [0.29, 0.717) is 60.4 Å². The molecule has 7 aliphatic rings. The molecule has 1 spiro atoms. The summed E-state index contributed by atoms with van der Waals surface area (Å²) >= 11 is 0. The Morgan fingerprint density at radius 1 is 1.00 bits per heavy atom. The number of hydrogen-bond donors (Lipinski definition) is 1. The zero-order chi connectivity index (χ0) is 23.1. The molecule has 2 saturated heterocycles. The first kappa shape index (κ1) is 21.1. The van der Waals surface area contributed by atoms with Crippen molar-refractivity contribution in [3.05, 3.63) is 12.2 Å². The molecular formula is C28H38O5. The van der Waals surface area contributed by atoms with Gasteiger partial charge >= 0.3 is 5.97 Å². The van der Waals surface area contributed by atoms with Gasteiger partial charge in [0.2, 0.25) is 0 Å². The molecule has 2 heterocycles. The number of aliphatic hydroxyl groups is 1. The third-order valence-electron chi connectivity index (χ3n) is 12.8. The van der Waals surface area contributed by atoms with E-state index in [0.717, 1.165) is 38.5 Å². The molecule has 0 unspecified atom stereocenters. The topological polar surface area (TPSA) is 72.8 Å². The monoisotopic (exact) mass is 454 g/mol. The minimum atomic E-state index is -0.590. The summed E-state index contributed by atoms with van der Waals surface area (Å²) in [6, 6.07) is 0. The molecule has 1 N–H and O–H groups in total. The SMILES string of the molecule is C=C1C(=O)O[C@@H]2C[C@@]1(C)OC[C@H]2[C@H]1CC[C@H]2[C@@H]3C[C@@H](O)[C@@]45C[C@H]4CC(=O)[C@]5(C)[C@H]3CC[C@]12C. The Labute approximate surface area is 196 Å². The fourth-order valence-corrected chi connectivity index (χ4v) is 10.9. The molecule has 12 atom stereocenters. The highest BCUT2D eigenvalue weighted by molar-refractivity contribution is 5.91. The van der Waals surface area contributed by atoms with E-state index in [9.17, 15) is 14.7 Å². The van der Waals surface area contributed by atoms with Crippen LogP contribution in [-0.2, 0) is 19.1 Å². The van der Waals surface area contributed by atoms with Crippen LogP contribution in [0.1, 0.15) is 72.1 Å². The van der Waals surface area contributed by atoms with Gasteiger partial charge in [-0.15, -0.1) is 0 Å². The number of carbonyl (C=O) groups excluding carboxylic acids is 2. The highest BCUT2D eigenvalue weighted by atomic mass is 16.6. The van der Waals surface area contributed by atoms with Crippen molar-refractivity contribution >= 4 is 11.8 Å². The molecule has 0 aromatic heterocycles. The van der Waals surface area contributed by atoms with Gasteiger partial charge in [-0.2, -0.15) is 0 Å². The fraction of sp³-hybridized carbons (Fsp3) is 0.857. The summed E-state index contributed by atoms with van der Waals surface area (Å²) in [5.41, 5.74) is -0.431. The van der Waals surface area contributed by atoms with Gasteiger partial charge < -0.3 is 14.6 Å². The van der Waals surface area contributed by atoms with E-state index < -0.39 is 5.60 Å². The summed E-state index contributed by atoms with van der Waals surface area (Å²) in [4.78, 5) is 25.8. The van der Waals surface area contributed by atoms with Gasteiger partial charge in [-0.05, 0) is 80.5 Å². The molecule has 0 radical (unpaired) electrons. The van der Waals surface area contributed by atoms with Crippen molar-refractivity contribution in [3.63, 3.8) is 0 Å². The van der Waals surface area contributed by atoms with Crippen LogP contribution in [-0.4, -0.2) is 41.3 Å². The van der Waals surface area contributed by atoms with Crippen LogP contribution in [0, 0.1) is 51.8 Å². The highest BCUT2D eigenvalue weighted by Crippen LogP contribution is 2.80. The van der Waals surface area contributed by atoms with Crippen molar-refractivity contribution < 1.29 is 24.2 Å². The van der Waals surface area contributed by atoms with Crippen LogP contribution in [0.5, 0.6) is 0 Å². The third kappa shape index (κ3) is 2.24. The van der Waals surface area contributed by atoms with Gasteiger partial charge in [0.15, 0.2) is 0 Å². The molecule has 33 heavy (non-hydrogen) atoms. The molecule has 5 saturated carbocycles. The Morgan fingerprint density at radius 3 is 2.48 bits per heavy atom. The standard InChI is InChI=1S/C28H38O5/c1-14-24(31)33-21-12-26(14,3)32-13-17(21)19-6-5-18-16-10-23(30)28-11-15(28)9-22(29)27(28,4)20(16)7-8-25(18,19)2/h15-21,23,30H,1,5-13H2,2-4H3/t15-,16+,17+,18+,19-,20+,21-,23-,25+,26-,27+,28-/m1/s1. The van der Waals surface area contributed by atoms with Crippen LogP contribution in [0.2, 0.25) is 0 Å². The Hall–Kier alpha value is -1.20. The fourth-order valence-electron chi connectivity index (χ4n) is 10.9. The summed E-state index contributed by atoms with van der Waals surface area (Å²) < 4.78 is 12.2. The molecule has 7 fully saturated rings. The van der Waals surface area contributed by atoms with E-state index in [2.05, 4.69) is 20.4 Å². The van der Waals surface area contributed by atoms with E-state index in [1.54, 1.807) is 0 Å². The average molecular weight is 455 g/mol. The predicted molar refractivity (Wildman–Crippen MR) is 121 cm³/mol. The summed E-state index contributed by atoms with van der Waals surface area (Å²) in [6.07, 6.45) is 7.39. The number of esters is 1. The molecule has 5 nitrogen and oxygen atoms in total. The number of hydrogen-bond acceptors (Lipinski definition) is 5. The number of carbonyl (C=O) groups is 2. The second-order valence-electron chi connectivity index (χ2n) is 13.5. The zero-order valence-electron chi connectivity index (χ0n) is 20.3. The van der Waals surface area contributed by atoms with Crippen LogP contribution in [0.15, 0.2) is 12.2 Å². The largest absolute Gasteiger partial charge is 0.458 e. The van der Waals surface area contributed by atoms with Crippen molar-refractivity contribution in [1.29, 1.82) is 0 Å². The molecule has 5 aliphatic carbocycles. The van der Waals surface area contributed by atoms with Crippen LogP contribution >= 0.6 is 0 Å². The first-order valence-electron chi connectivity index (χ1n) is 13.3. The molecular weight excluding hydrogens is 416 g/mol. The lowest BCUT2D eigenvalue weighted by atomic mass is 9.45. The number of fused-ring (bicyclic) bond motifs is 6. The second-order valence-corrected chi connectivity index (χ2v) is 13.5. The van der Waals surface area contributed by atoms with Crippen molar-refractivity contribution in [3.8, 4) is 0 Å². The smallest absolute Gasteiger partial charge is 0.336 e. The van der Waals surface area contributed by atoms with E-state index in [1.165, 1.54) is 0 Å². The van der Waals surface area contributed by atoms with Crippen molar-refractivity contribution in [2.75, 3.05) is 6.61 Å². The van der Waals surface area contributed by atoms with E-state index in [1.807, 2.05) is 6.92 Å². The second kappa shape index (κ2) is 6.13. The summed E-state index contributed by atoms with van der Waals surface area (Å²) in [5.74, 6) is 2.60. The van der Waals surface area contributed by atoms with Crippen LogP contribution in [0.3, 0.4) is 0 Å². The maximum atomic E-state index is 13.3. The summed E-state index contributed by atoms with van der Waals surface area (Å²) in [6.45, 7) is 11.2. The third-order valence-corrected chi connectivity index (χ3v) is 12.8. The first-order valence-corrected chi connectivity index (χ1v) is 13.3. The van der Waals surface area contributed by atoms with Crippen LogP contribution < -0.4 is 0 Å². The van der Waals surface area contributed by atoms with Crippen LogP contribution in [0.25, 0.3) is 0 Å². The first-order chi connectivity index (χ1) is 15.6. The molecule has 0 aromatic carbocycles. The minimum absolute atomic E-state index is 0.0959. The Morgan fingerprint density at radius 2 is 1.73 bits per heavy atom. The van der Waals surface area contributed by atoms with E-state index in [4.69, 9.17) is 9.47 Å². The molecule has 5 heteroatoms. The van der Waals surface area contributed by atoms with Gasteiger partial charge in [-0.25, -0.2) is 4.79 Å². The highest BCUT2D eigenvalue weighted by Gasteiger charge is 2.80. The van der Waals surface area contributed by atoms with Crippen molar-refractivity contribution in [2.45, 2.75) is 89.9 Å². The average Bonchev–Trinajstić information content (AvgIpc) is 3.30. The molecule has 2 aliphatic heterocycles. The zero-order valence-corrected chi connectivity index (χ0v) is 20.3. The minimum Gasteiger partial charge on any atom is -0.458 e. The van der Waals surface area contributed by atoms with E-state index in [-0.39, 0.29) is 40.3 Å². The lowest BCUT2D eigenvalue weighted by Gasteiger charge is -2.60.